The van der Waals surface area contributed by atoms with Crippen LogP contribution in [-0.4, -0.2) is 56.0 Å². The number of ether oxygens (including phenoxy) is 1. The number of likely N-dealkylation sites (tertiary alicyclic amines) is 1. The van der Waals surface area contributed by atoms with E-state index >= 15 is 0 Å². The van der Waals surface area contributed by atoms with Gasteiger partial charge in [0.2, 0.25) is 5.91 Å². The molecule has 12 heteroatoms. The molecule has 4 heterocycles. The molecule has 5 rings (SSSR count). The van der Waals surface area contributed by atoms with Crippen LogP contribution in [0.1, 0.15) is 73.8 Å². The van der Waals surface area contributed by atoms with Crippen molar-refractivity contribution >= 4 is 29.4 Å². The van der Waals surface area contributed by atoms with Gasteiger partial charge in [0, 0.05) is 31.5 Å². The Labute approximate surface area is 220 Å². The average Bonchev–Trinajstić information content (AvgIpc) is 3.58. The molecule has 0 radical (unpaired) electrons. The van der Waals surface area contributed by atoms with Crippen LogP contribution >= 0.6 is 0 Å². The lowest BCUT2D eigenvalue weighted by Gasteiger charge is -2.40. The molecule has 38 heavy (non-hydrogen) atoms. The second kappa shape index (κ2) is 8.53. The predicted molar refractivity (Wildman–Crippen MR) is 138 cm³/mol. The molecule has 1 saturated carbocycles. The SMILES string of the molecule is Cc1cc(Nc2ncnc(C3(C(N)=O)CC3)c2C)c(=O)n2c1C(=O)NC21CCN(C(=O)OC(C)(C)C)CC1. The number of piperidine rings is 1. The molecule has 202 valence electrons. The van der Waals surface area contributed by atoms with Crippen LogP contribution in [0.4, 0.5) is 16.3 Å². The highest BCUT2D eigenvalue weighted by Gasteiger charge is 2.52. The summed E-state index contributed by atoms with van der Waals surface area (Å²) in [6.45, 7) is 9.62. The smallest absolute Gasteiger partial charge is 0.410 e. The molecule has 2 aromatic heterocycles. The molecule has 2 aromatic rings. The van der Waals surface area contributed by atoms with E-state index in [4.69, 9.17) is 10.5 Å². The van der Waals surface area contributed by atoms with Gasteiger partial charge in [0.1, 0.15) is 34.8 Å². The van der Waals surface area contributed by atoms with E-state index < -0.39 is 28.7 Å². The van der Waals surface area contributed by atoms with E-state index in [1.165, 1.54) is 10.9 Å². The quantitative estimate of drug-likeness (QED) is 0.548. The van der Waals surface area contributed by atoms with Crippen LogP contribution in [0.15, 0.2) is 17.2 Å². The van der Waals surface area contributed by atoms with Crippen molar-refractivity contribution in [1.82, 2.24) is 24.8 Å². The van der Waals surface area contributed by atoms with Crippen molar-refractivity contribution in [3.8, 4) is 0 Å². The molecule has 0 unspecified atom stereocenters. The number of anilines is 2. The third-order valence-electron chi connectivity index (χ3n) is 7.64. The number of nitrogens with two attached hydrogens (primary N) is 1. The number of amides is 3. The monoisotopic (exact) mass is 523 g/mol. The van der Waals surface area contributed by atoms with Crippen LogP contribution in [0.25, 0.3) is 0 Å². The fraction of sp³-hybridized carbons (Fsp3) is 0.538. The van der Waals surface area contributed by atoms with Gasteiger partial charge in [0.05, 0.1) is 11.1 Å². The summed E-state index contributed by atoms with van der Waals surface area (Å²) < 4.78 is 7.01. The molecular formula is C26H33N7O5. The van der Waals surface area contributed by atoms with Crippen molar-refractivity contribution in [1.29, 1.82) is 0 Å². The third kappa shape index (κ3) is 4.07. The van der Waals surface area contributed by atoms with E-state index in [9.17, 15) is 19.2 Å². The fourth-order valence-corrected chi connectivity index (χ4v) is 5.50. The van der Waals surface area contributed by atoms with Crippen molar-refractivity contribution in [2.75, 3.05) is 18.4 Å². The zero-order valence-electron chi connectivity index (χ0n) is 22.3. The Morgan fingerprint density at radius 2 is 1.76 bits per heavy atom. The molecular weight excluding hydrogens is 490 g/mol. The number of carbonyl (C=O) groups excluding carboxylic acids is 3. The third-order valence-corrected chi connectivity index (χ3v) is 7.64. The number of carbonyl (C=O) groups is 3. The first-order chi connectivity index (χ1) is 17.8. The Balaban J connectivity index is 1.47. The average molecular weight is 524 g/mol. The van der Waals surface area contributed by atoms with Gasteiger partial charge in [-0.05, 0) is 59.1 Å². The highest BCUT2D eigenvalue weighted by Crippen LogP contribution is 2.48. The Hall–Kier alpha value is -3.96. The summed E-state index contributed by atoms with van der Waals surface area (Å²) in [6, 6.07) is 1.63. The van der Waals surface area contributed by atoms with E-state index in [-0.39, 0.29) is 17.2 Å². The van der Waals surface area contributed by atoms with Crippen LogP contribution in [-0.2, 0) is 20.6 Å². The molecule has 3 aliphatic rings. The summed E-state index contributed by atoms with van der Waals surface area (Å²) >= 11 is 0. The Morgan fingerprint density at radius 3 is 2.34 bits per heavy atom. The highest BCUT2D eigenvalue weighted by molar-refractivity contribution is 5.97. The maximum Gasteiger partial charge on any atom is 0.410 e. The first kappa shape index (κ1) is 25.7. The van der Waals surface area contributed by atoms with Crippen molar-refractivity contribution < 1.29 is 19.1 Å². The minimum atomic E-state index is -0.958. The zero-order chi connectivity index (χ0) is 27.6. The summed E-state index contributed by atoms with van der Waals surface area (Å²) in [7, 11) is 0. The molecule has 1 spiro atoms. The van der Waals surface area contributed by atoms with Crippen LogP contribution in [0.3, 0.4) is 0 Å². The van der Waals surface area contributed by atoms with Gasteiger partial charge in [-0.1, -0.05) is 0 Å². The first-order valence-electron chi connectivity index (χ1n) is 12.7. The standard InChI is InChI=1S/C26H33N7O5/c1-14-12-16(30-19-15(2)18(28-13-29-19)25(6-7-25)22(27)36)21(35)33-17(14)20(34)31-26(33)8-10-32(11-9-26)23(37)38-24(3,4)5/h12-13H,6-11H2,1-5H3,(H2,27,36)(H,31,34)(H,28,29,30). The molecule has 1 aliphatic carbocycles. The van der Waals surface area contributed by atoms with Gasteiger partial charge >= 0.3 is 6.09 Å². The summed E-state index contributed by atoms with van der Waals surface area (Å²) in [6.07, 6.45) is 2.88. The van der Waals surface area contributed by atoms with Crippen molar-refractivity contribution in [2.45, 2.75) is 77.0 Å². The molecule has 2 fully saturated rings. The zero-order valence-corrected chi connectivity index (χ0v) is 22.3. The van der Waals surface area contributed by atoms with Gasteiger partial charge < -0.3 is 26.0 Å². The molecule has 0 atom stereocenters. The Kier molecular flexibility index (Phi) is 5.77. The lowest BCUT2D eigenvalue weighted by molar-refractivity contribution is -0.120. The van der Waals surface area contributed by atoms with Gasteiger partial charge in [-0.3, -0.25) is 19.0 Å². The summed E-state index contributed by atoms with van der Waals surface area (Å²) in [5, 5.41) is 6.14. The Bertz CT molecular complexity index is 1410. The van der Waals surface area contributed by atoms with E-state index in [2.05, 4.69) is 20.6 Å². The maximum atomic E-state index is 13.8. The molecule has 12 nitrogen and oxygen atoms in total. The van der Waals surface area contributed by atoms with E-state index in [0.29, 0.717) is 67.1 Å². The predicted octanol–water partition coefficient (Wildman–Crippen LogP) is 1.94. The molecule has 1 saturated heterocycles. The second-order valence-electron chi connectivity index (χ2n) is 11.5. The van der Waals surface area contributed by atoms with Crippen LogP contribution in [0.2, 0.25) is 0 Å². The van der Waals surface area contributed by atoms with Crippen molar-refractivity contribution in [2.24, 2.45) is 5.73 Å². The summed E-state index contributed by atoms with van der Waals surface area (Å²) in [4.78, 5) is 61.7. The number of primary amides is 1. The topological polar surface area (TPSA) is 162 Å². The van der Waals surface area contributed by atoms with Gasteiger partial charge in [-0.2, -0.15) is 0 Å². The molecule has 3 amide bonds. The molecule has 0 aromatic carbocycles. The number of hydrogen-bond donors (Lipinski definition) is 3. The highest BCUT2D eigenvalue weighted by atomic mass is 16.6. The van der Waals surface area contributed by atoms with Crippen LogP contribution in [0, 0.1) is 13.8 Å². The number of nitrogens with zero attached hydrogens (tertiary/aromatic N) is 4. The van der Waals surface area contributed by atoms with Crippen molar-refractivity contribution in [3.05, 3.63) is 45.3 Å². The number of nitrogens with one attached hydrogen (secondary N) is 2. The normalized spacial score (nSPS) is 19.1. The van der Waals surface area contributed by atoms with E-state index in [1.807, 2.05) is 0 Å². The number of fused-ring (bicyclic) bond motifs is 2. The van der Waals surface area contributed by atoms with Crippen molar-refractivity contribution in [3.63, 3.8) is 0 Å². The van der Waals surface area contributed by atoms with Gasteiger partial charge in [-0.15, -0.1) is 0 Å². The summed E-state index contributed by atoms with van der Waals surface area (Å²) in [5.41, 5.74) is 5.26. The second-order valence-corrected chi connectivity index (χ2v) is 11.5. The van der Waals surface area contributed by atoms with Crippen LogP contribution in [0.5, 0.6) is 0 Å². The van der Waals surface area contributed by atoms with Gasteiger partial charge in [-0.25, -0.2) is 14.8 Å². The first-order valence-corrected chi connectivity index (χ1v) is 12.7. The number of pyridine rings is 1. The maximum absolute atomic E-state index is 13.8. The Morgan fingerprint density at radius 1 is 1.11 bits per heavy atom. The molecule has 2 aliphatic heterocycles. The fourth-order valence-electron chi connectivity index (χ4n) is 5.50. The van der Waals surface area contributed by atoms with E-state index in [1.54, 1.807) is 45.6 Å². The minimum absolute atomic E-state index is 0.244. The van der Waals surface area contributed by atoms with Crippen LogP contribution < -0.4 is 21.9 Å². The molecule has 4 N–H and O–H groups in total. The lowest BCUT2D eigenvalue weighted by Crippen LogP contribution is -2.56. The number of hydrogen-bond acceptors (Lipinski definition) is 8. The number of aromatic nitrogens is 3. The minimum Gasteiger partial charge on any atom is -0.444 e. The largest absolute Gasteiger partial charge is 0.444 e. The lowest BCUT2D eigenvalue weighted by atomic mass is 9.96. The molecule has 0 bridgehead atoms. The summed E-state index contributed by atoms with van der Waals surface area (Å²) in [5.74, 6) is -0.358. The van der Waals surface area contributed by atoms with Gasteiger partial charge in [0.25, 0.3) is 11.5 Å². The van der Waals surface area contributed by atoms with E-state index in [0.717, 1.165) is 0 Å². The number of aryl methyl sites for hydroxylation is 1. The number of rotatable bonds is 4. The van der Waals surface area contributed by atoms with Gasteiger partial charge in [0.15, 0.2) is 0 Å².